The first-order valence-electron chi connectivity index (χ1n) is 0. The number of hydrogen-bond acceptors (Lipinski definition) is 0. The smallest absolute Gasteiger partial charge is 1.00 e. The maximum Gasteiger partial charge on any atom is 2.00 e. The van der Waals surface area contributed by atoms with Gasteiger partial charge in [0.2, 0.25) is 0 Å². The van der Waals surface area contributed by atoms with Crippen LogP contribution in [-0.4, -0.2) is 65.3 Å². The van der Waals surface area contributed by atoms with Gasteiger partial charge in [-0.3, -0.25) is 0 Å². The van der Waals surface area contributed by atoms with Crippen LogP contribution in [0, 0.1) is 0 Å². The quantitative estimate of drug-likeness (QED) is 0.376. The first-order chi connectivity index (χ1) is 0. The zero-order valence-corrected chi connectivity index (χ0v) is 6.65. The summed E-state index contributed by atoms with van der Waals surface area (Å²) in [4.78, 5) is 0. The van der Waals surface area contributed by atoms with Crippen molar-refractivity contribution in [1.82, 2.24) is 0 Å². The Kier molecular flexibility index (Phi) is 323. The van der Waals surface area contributed by atoms with Crippen molar-refractivity contribution in [2.75, 3.05) is 0 Å². The van der Waals surface area contributed by atoms with Crippen molar-refractivity contribution in [3.63, 3.8) is 0 Å². The largest absolute Gasteiger partial charge is 2.00 e. The van der Waals surface area contributed by atoms with Gasteiger partial charge in [-0.2, -0.15) is 0 Å². The molecule has 0 unspecified atom stereocenters. The number of rotatable bonds is 0. The van der Waals surface area contributed by atoms with Gasteiger partial charge in [0.15, 0.2) is 0 Å². The summed E-state index contributed by atoms with van der Waals surface area (Å²) < 4.78 is 0. The fourth-order valence-electron chi connectivity index (χ4n) is 0. The molecule has 0 fully saturated rings. The van der Waals surface area contributed by atoms with E-state index in [0.717, 1.165) is 0 Å². The summed E-state index contributed by atoms with van der Waals surface area (Å²) in [6.07, 6.45) is 0. The normalized spacial score (nSPS) is 0. The first-order valence-corrected chi connectivity index (χ1v) is 0. The Bertz CT molecular complexity index is 8.75. The number of hydrogen-bond donors (Lipinski definition) is 0. The minimum Gasteiger partial charge on any atom is -1.00 e. The summed E-state index contributed by atoms with van der Waals surface area (Å²) >= 11 is 0. The van der Waals surface area contributed by atoms with E-state index < -0.39 is 0 Å². The van der Waals surface area contributed by atoms with E-state index in [0.29, 0.717) is 0 Å². The van der Waals surface area contributed by atoms with Gasteiger partial charge >= 0.3 is 48.9 Å². The van der Waals surface area contributed by atoms with E-state index in [9.17, 15) is 0 Å². The molecule has 0 saturated heterocycles. The van der Waals surface area contributed by atoms with E-state index in [1.54, 1.807) is 0 Å². The van der Waals surface area contributed by atoms with Crippen molar-refractivity contribution < 1.29 is 19.3 Å². The third-order valence-electron chi connectivity index (χ3n) is 0. The van der Waals surface area contributed by atoms with Crippen LogP contribution in [0.25, 0.3) is 0 Å². The van der Waals surface area contributed by atoms with Crippen LogP contribution in [0.5, 0.6) is 0 Å². The average Bonchev–Trinajstić information content (AvgIpc) is 0. The monoisotopic (exact) mass is 194 g/mol. The Morgan fingerprint density at radius 1 is 0.750 bits per heavy atom. The minimum absolute atomic E-state index is 0. The second-order valence-electron chi connectivity index (χ2n) is 0. The molecule has 0 amide bonds. The van der Waals surface area contributed by atoms with E-state index in [4.69, 9.17) is 0 Å². The van der Waals surface area contributed by atoms with Gasteiger partial charge < -0.3 is 19.3 Å². The second-order valence-corrected chi connectivity index (χ2v) is 0. The molecular weight excluding hydrogens is 185 g/mol. The van der Waals surface area contributed by atoms with Gasteiger partial charge in [-0.15, -0.1) is 0 Å². The predicted octanol–water partition coefficient (Wildman–Crippen LogP) is -2.63. The fourth-order valence-corrected chi connectivity index (χ4v) is 0. The molecule has 3 nitrogen and oxygen atoms in total. The Morgan fingerprint density at radius 3 is 0.750 bits per heavy atom. The molecule has 0 atom stereocenters. The molecule has 0 aromatic heterocycles. The van der Waals surface area contributed by atoms with Crippen LogP contribution in [0.2, 0.25) is 0 Å². The van der Waals surface area contributed by atoms with Crippen molar-refractivity contribution in [2.24, 2.45) is 0 Å². The summed E-state index contributed by atoms with van der Waals surface area (Å²) in [5.74, 6) is 0. The van der Waals surface area contributed by atoms with Gasteiger partial charge in [-0.25, -0.2) is 0 Å². The van der Waals surface area contributed by atoms with Crippen LogP contribution >= 0.6 is 0 Å². The molecule has 6 N–H and O–H groups in total. The summed E-state index contributed by atoms with van der Waals surface area (Å²) in [5.41, 5.74) is 0. The van der Waals surface area contributed by atoms with Crippen LogP contribution < -0.4 is 0 Å². The van der Waals surface area contributed by atoms with Gasteiger partial charge in [0.25, 0.3) is 0 Å². The topological polar surface area (TPSA) is 94.5 Å². The van der Waals surface area contributed by atoms with Gasteiger partial charge in [0.05, 0.1) is 0 Å². The molecule has 0 bridgehead atoms. The fraction of sp³-hybridized carbons (Fsp3) is 0. The average molecular weight is 193 g/mol. The standard InChI is InChI=1S/Ba.3H2O.2H/h;3*1H2;;/q+2;;;;2*-1. The van der Waals surface area contributed by atoms with Gasteiger partial charge in [-0.05, 0) is 0 Å². The molecule has 0 aliphatic heterocycles. The zero-order chi connectivity index (χ0) is 0. The van der Waals surface area contributed by atoms with Gasteiger partial charge in [-0.1, -0.05) is 0 Å². The van der Waals surface area contributed by atoms with Crippen LogP contribution in [-0.2, 0) is 0 Å². The molecule has 0 aromatic carbocycles. The van der Waals surface area contributed by atoms with E-state index in [-0.39, 0.29) is 68.2 Å². The summed E-state index contributed by atoms with van der Waals surface area (Å²) in [6, 6.07) is 0. The molecule has 28 valence electrons. The Balaban J connectivity index is 0. The molecule has 0 heterocycles. The Hall–Kier alpha value is 1.45. The molecular formula is H8BaO3. The second kappa shape index (κ2) is 25.2. The van der Waals surface area contributed by atoms with Crippen LogP contribution in [0.3, 0.4) is 0 Å². The summed E-state index contributed by atoms with van der Waals surface area (Å²) in [7, 11) is 0. The third-order valence-corrected chi connectivity index (χ3v) is 0. The van der Waals surface area contributed by atoms with Crippen molar-refractivity contribution >= 4 is 48.9 Å². The van der Waals surface area contributed by atoms with E-state index in [2.05, 4.69) is 0 Å². The van der Waals surface area contributed by atoms with E-state index in [1.165, 1.54) is 0 Å². The third kappa shape index (κ3) is 9.85. The van der Waals surface area contributed by atoms with E-state index >= 15 is 0 Å². The van der Waals surface area contributed by atoms with Crippen LogP contribution in [0.15, 0.2) is 0 Å². The van der Waals surface area contributed by atoms with Gasteiger partial charge in [0, 0.05) is 0 Å². The maximum absolute atomic E-state index is 0. The predicted molar refractivity (Wildman–Crippen MR) is 18.8 cm³/mol. The van der Waals surface area contributed by atoms with E-state index in [1.807, 2.05) is 0 Å². The maximum atomic E-state index is 0. The first kappa shape index (κ1) is 51.3. The molecule has 4 heteroatoms. The summed E-state index contributed by atoms with van der Waals surface area (Å²) in [6.45, 7) is 0. The van der Waals surface area contributed by atoms with Crippen LogP contribution in [0.4, 0.5) is 0 Å². The minimum atomic E-state index is 0. The molecule has 0 rings (SSSR count). The Labute approximate surface area is 67.4 Å². The van der Waals surface area contributed by atoms with Crippen molar-refractivity contribution in [1.29, 1.82) is 0 Å². The molecule has 0 spiro atoms. The van der Waals surface area contributed by atoms with Crippen molar-refractivity contribution in [2.45, 2.75) is 0 Å². The summed E-state index contributed by atoms with van der Waals surface area (Å²) in [5, 5.41) is 0. The zero-order valence-electron chi connectivity index (χ0n) is 4.21. The molecule has 4 heavy (non-hydrogen) atoms. The Morgan fingerprint density at radius 2 is 0.750 bits per heavy atom. The van der Waals surface area contributed by atoms with Crippen molar-refractivity contribution in [3.05, 3.63) is 0 Å². The van der Waals surface area contributed by atoms with Crippen LogP contribution in [0.1, 0.15) is 2.85 Å². The van der Waals surface area contributed by atoms with Gasteiger partial charge in [0.1, 0.15) is 0 Å². The molecule has 0 aliphatic carbocycles. The molecule has 0 radical (unpaired) electrons. The van der Waals surface area contributed by atoms with Crippen molar-refractivity contribution in [3.8, 4) is 0 Å². The molecule has 0 saturated carbocycles. The molecule has 0 aliphatic rings. The SMILES string of the molecule is O.O.O.[Ba+2].[H-].[H-]. The molecule has 0 aromatic rings.